The summed E-state index contributed by atoms with van der Waals surface area (Å²) in [6.07, 6.45) is 10.1. The average Bonchev–Trinajstić information content (AvgIpc) is 2.85. The van der Waals surface area contributed by atoms with Crippen LogP contribution in [0.3, 0.4) is 0 Å². The molecule has 3 N–H and O–H groups in total. The largest absolute Gasteiger partial charge is 0.335 e. The Bertz CT molecular complexity index is 442. The zero-order chi connectivity index (χ0) is 12.8. The first-order valence-corrected chi connectivity index (χ1v) is 7.34. The molecule has 0 aliphatic heterocycles. The standard InChI is InChI=1S/C14H20N4O/c19-14(17-12-6-15-16-7-12)18-13-10-2-8-1-9(4-10)5-11(13)3-8/h6-11,13H,1-5H2,(H,15,16)(H2,17,18,19). The molecule has 0 unspecified atom stereocenters. The van der Waals surface area contributed by atoms with Crippen molar-refractivity contribution in [2.24, 2.45) is 23.7 Å². The Morgan fingerprint density at radius 3 is 2.42 bits per heavy atom. The van der Waals surface area contributed by atoms with Crippen LogP contribution in [0.4, 0.5) is 10.5 Å². The summed E-state index contributed by atoms with van der Waals surface area (Å²) >= 11 is 0. The lowest BCUT2D eigenvalue weighted by atomic mass is 9.54. The van der Waals surface area contributed by atoms with Gasteiger partial charge in [-0.2, -0.15) is 5.10 Å². The van der Waals surface area contributed by atoms with Crippen molar-refractivity contribution < 1.29 is 4.79 Å². The Balaban J connectivity index is 1.41. The van der Waals surface area contributed by atoms with Crippen LogP contribution in [0.5, 0.6) is 0 Å². The van der Waals surface area contributed by atoms with E-state index in [1.54, 1.807) is 12.4 Å². The molecule has 2 amide bonds. The second-order valence-electron chi connectivity index (χ2n) is 6.54. The first-order chi connectivity index (χ1) is 9.28. The highest BCUT2D eigenvalue weighted by molar-refractivity contribution is 5.89. The maximum absolute atomic E-state index is 12.0. The van der Waals surface area contributed by atoms with E-state index in [2.05, 4.69) is 20.8 Å². The summed E-state index contributed by atoms with van der Waals surface area (Å²) in [7, 11) is 0. The average molecular weight is 260 g/mol. The number of aromatic nitrogens is 2. The quantitative estimate of drug-likeness (QED) is 0.764. The highest BCUT2D eigenvalue weighted by Gasteiger charge is 2.48. The van der Waals surface area contributed by atoms with Gasteiger partial charge in [-0.1, -0.05) is 0 Å². The van der Waals surface area contributed by atoms with Gasteiger partial charge in [0.05, 0.1) is 11.9 Å². The number of nitrogens with one attached hydrogen (secondary N) is 3. The lowest BCUT2D eigenvalue weighted by Gasteiger charge is -2.54. The highest BCUT2D eigenvalue weighted by atomic mass is 16.2. The van der Waals surface area contributed by atoms with Gasteiger partial charge in [-0.15, -0.1) is 0 Å². The molecular formula is C14H20N4O. The third kappa shape index (κ3) is 2.01. The minimum Gasteiger partial charge on any atom is -0.335 e. The molecule has 4 aliphatic carbocycles. The molecular weight excluding hydrogens is 240 g/mol. The smallest absolute Gasteiger partial charge is 0.319 e. The minimum atomic E-state index is -0.0844. The Kier molecular flexibility index (Phi) is 2.53. The van der Waals surface area contributed by atoms with Gasteiger partial charge < -0.3 is 10.6 Å². The summed E-state index contributed by atoms with van der Waals surface area (Å²) in [6, 6.07) is 0.304. The lowest BCUT2D eigenvalue weighted by Crippen LogP contribution is -2.56. The highest BCUT2D eigenvalue weighted by Crippen LogP contribution is 2.53. The van der Waals surface area contributed by atoms with Crippen LogP contribution in [0.15, 0.2) is 12.4 Å². The van der Waals surface area contributed by atoms with Crippen molar-refractivity contribution in [3.8, 4) is 0 Å². The molecule has 0 aromatic carbocycles. The van der Waals surface area contributed by atoms with Crippen molar-refractivity contribution in [3.05, 3.63) is 12.4 Å². The number of urea groups is 1. The molecule has 5 heteroatoms. The van der Waals surface area contributed by atoms with Gasteiger partial charge in [0.1, 0.15) is 0 Å². The molecule has 0 saturated heterocycles. The fraction of sp³-hybridized carbons (Fsp3) is 0.714. The molecule has 4 bridgehead atoms. The minimum absolute atomic E-state index is 0.0844. The maximum Gasteiger partial charge on any atom is 0.319 e. The SMILES string of the molecule is O=C(Nc1cn[nH]c1)NC1C2CC3CC(C2)CC1C3. The summed E-state index contributed by atoms with van der Waals surface area (Å²) in [6.45, 7) is 0. The number of amides is 2. The van der Waals surface area contributed by atoms with Crippen LogP contribution in [-0.4, -0.2) is 22.3 Å². The second-order valence-corrected chi connectivity index (χ2v) is 6.54. The van der Waals surface area contributed by atoms with Gasteiger partial charge >= 0.3 is 6.03 Å². The van der Waals surface area contributed by atoms with Crippen molar-refractivity contribution in [1.29, 1.82) is 0 Å². The van der Waals surface area contributed by atoms with E-state index < -0.39 is 0 Å². The third-order valence-electron chi connectivity index (χ3n) is 5.28. The number of nitrogens with zero attached hydrogens (tertiary/aromatic N) is 1. The number of hydrogen-bond acceptors (Lipinski definition) is 2. The first kappa shape index (κ1) is 11.3. The van der Waals surface area contributed by atoms with Crippen LogP contribution < -0.4 is 10.6 Å². The summed E-state index contributed by atoms with van der Waals surface area (Å²) in [4.78, 5) is 12.0. The molecule has 4 aliphatic rings. The van der Waals surface area contributed by atoms with Gasteiger partial charge in [-0.25, -0.2) is 4.79 Å². The van der Waals surface area contributed by atoms with E-state index in [0.717, 1.165) is 17.5 Å². The van der Waals surface area contributed by atoms with Crippen LogP contribution >= 0.6 is 0 Å². The molecule has 4 fully saturated rings. The van der Waals surface area contributed by atoms with Crippen molar-refractivity contribution in [3.63, 3.8) is 0 Å². The number of anilines is 1. The molecule has 1 aromatic rings. The van der Waals surface area contributed by atoms with Crippen LogP contribution in [0.25, 0.3) is 0 Å². The van der Waals surface area contributed by atoms with Crippen molar-refractivity contribution in [1.82, 2.24) is 15.5 Å². The Labute approximate surface area is 112 Å². The van der Waals surface area contributed by atoms with Crippen molar-refractivity contribution >= 4 is 11.7 Å². The number of aromatic amines is 1. The zero-order valence-corrected chi connectivity index (χ0v) is 10.9. The molecule has 5 nitrogen and oxygen atoms in total. The molecule has 1 aromatic heterocycles. The maximum atomic E-state index is 12.0. The molecule has 4 saturated carbocycles. The molecule has 19 heavy (non-hydrogen) atoms. The summed E-state index contributed by atoms with van der Waals surface area (Å²) < 4.78 is 0. The molecule has 102 valence electrons. The Morgan fingerprint density at radius 1 is 1.16 bits per heavy atom. The Morgan fingerprint density at radius 2 is 1.84 bits per heavy atom. The lowest BCUT2D eigenvalue weighted by molar-refractivity contribution is -0.00883. The van der Waals surface area contributed by atoms with E-state index >= 15 is 0 Å². The van der Waals surface area contributed by atoms with Crippen LogP contribution in [-0.2, 0) is 0 Å². The van der Waals surface area contributed by atoms with Crippen molar-refractivity contribution in [2.45, 2.75) is 38.1 Å². The van der Waals surface area contributed by atoms with Gasteiger partial charge in [0.2, 0.25) is 0 Å². The molecule has 0 radical (unpaired) electrons. The van der Waals surface area contributed by atoms with Gasteiger partial charge in [0.15, 0.2) is 0 Å². The third-order valence-corrected chi connectivity index (χ3v) is 5.28. The topological polar surface area (TPSA) is 69.8 Å². The Hall–Kier alpha value is -1.52. The predicted molar refractivity (Wildman–Crippen MR) is 71.6 cm³/mol. The first-order valence-electron chi connectivity index (χ1n) is 7.34. The normalized spacial score (nSPS) is 39.3. The van der Waals surface area contributed by atoms with E-state index in [0.29, 0.717) is 17.9 Å². The summed E-state index contributed by atoms with van der Waals surface area (Å²) in [5.74, 6) is 3.31. The number of carbonyl (C=O) groups excluding carboxylic acids is 1. The number of carbonyl (C=O) groups is 1. The van der Waals surface area contributed by atoms with Gasteiger partial charge in [0, 0.05) is 12.2 Å². The monoisotopic (exact) mass is 260 g/mol. The zero-order valence-electron chi connectivity index (χ0n) is 10.9. The van der Waals surface area contributed by atoms with Crippen LogP contribution in [0.1, 0.15) is 32.1 Å². The van der Waals surface area contributed by atoms with Gasteiger partial charge in [-0.05, 0) is 55.8 Å². The van der Waals surface area contributed by atoms with Crippen LogP contribution in [0, 0.1) is 23.7 Å². The molecule has 1 heterocycles. The van der Waals surface area contributed by atoms with Gasteiger partial charge in [0.25, 0.3) is 0 Å². The second kappa shape index (κ2) is 4.25. The number of H-pyrrole nitrogens is 1. The molecule has 0 atom stereocenters. The predicted octanol–water partition coefficient (Wildman–Crippen LogP) is 2.36. The van der Waals surface area contributed by atoms with E-state index in [-0.39, 0.29) is 6.03 Å². The van der Waals surface area contributed by atoms with E-state index in [1.165, 1.54) is 32.1 Å². The summed E-state index contributed by atoms with van der Waals surface area (Å²) in [5, 5.41) is 12.6. The van der Waals surface area contributed by atoms with Gasteiger partial charge in [-0.3, -0.25) is 5.10 Å². The van der Waals surface area contributed by atoms with E-state index in [1.807, 2.05) is 0 Å². The van der Waals surface area contributed by atoms with Crippen molar-refractivity contribution in [2.75, 3.05) is 5.32 Å². The molecule has 0 spiro atoms. The van der Waals surface area contributed by atoms with E-state index in [4.69, 9.17) is 0 Å². The summed E-state index contributed by atoms with van der Waals surface area (Å²) in [5.41, 5.74) is 0.723. The van der Waals surface area contributed by atoms with E-state index in [9.17, 15) is 4.79 Å². The van der Waals surface area contributed by atoms with Crippen LogP contribution in [0.2, 0.25) is 0 Å². The molecule has 5 rings (SSSR count). The fourth-order valence-corrected chi connectivity index (χ4v) is 4.80. The number of rotatable bonds is 2. The fourth-order valence-electron chi connectivity index (χ4n) is 4.80. The number of hydrogen-bond donors (Lipinski definition) is 3.